The second kappa shape index (κ2) is 4.94. The lowest BCUT2D eigenvalue weighted by molar-refractivity contribution is -0.142. The highest BCUT2D eigenvalue weighted by Gasteiger charge is 2.39. The lowest BCUT2D eigenvalue weighted by Crippen LogP contribution is -2.26. The van der Waals surface area contributed by atoms with Gasteiger partial charge in [0.15, 0.2) is 5.69 Å². The summed E-state index contributed by atoms with van der Waals surface area (Å²) in [6.07, 6.45) is -4.01. The molecule has 1 aliphatic rings. The van der Waals surface area contributed by atoms with Crippen molar-refractivity contribution in [3.8, 4) is 0 Å². The zero-order chi connectivity index (χ0) is 14.2. The van der Waals surface area contributed by atoms with Gasteiger partial charge >= 0.3 is 6.18 Å². The van der Waals surface area contributed by atoms with Gasteiger partial charge in [0.05, 0.1) is 12.2 Å². The molecule has 1 aliphatic heterocycles. The van der Waals surface area contributed by atoms with Crippen molar-refractivity contribution in [1.82, 2.24) is 15.1 Å². The number of benzene rings is 1. The summed E-state index contributed by atoms with van der Waals surface area (Å²) in [7, 11) is 0. The van der Waals surface area contributed by atoms with E-state index in [1.165, 1.54) is 4.68 Å². The number of alkyl halides is 3. The van der Waals surface area contributed by atoms with Crippen LogP contribution in [0.25, 0.3) is 0 Å². The van der Waals surface area contributed by atoms with Gasteiger partial charge in [0.2, 0.25) is 0 Å². The first-order valence-electron chi connectivity index (χ1n) is 6.46. The number of nitrogens with one attached hydrogen (secondary N) is 1. The Morgan fingerprint density at radius 2 is 1.95 bits per heavy atom. The second-order valence-electron chi connectivity index (χ2n) is 4.84. The molecule has 0 atom stereocenters. The number of hydrogen-bond donors (Lipinski definition) is 1. The molecule has 6 heteroatoms. The Hall–Kier alpha value is -1.82. The Bertz CT molecular complexity index is 602. The van der Waals surface area contributed by atoms with E-state index in [1.54, 1.807) is 0 Å². The Kier molecular flexibility index (Phi) is 3.25. The molecular formula is C14H14F3N3. The van der Waals surface area contributed by atoms with Crippen molar-refractivity contribution < 1.29 is 13.2 Å². The van der Waals surface area contributed by atoms with E-state index in [-0.39, 0.29) is 0 Å². The van der Waals surface area contributed by atoms with Gasteiger partial charge in [-0.25, -0.2) is 0 Å². The highest BCUT2D eigenvalue weighted by Crippen LogP contribution is 2.34. The maximum Gasteiger partial charge on any atom is 0.435 e. The van der Waals surface area contributed by atoms with E-state index in [4.69, 9.17) is 0 Å². The van der Waals surface area contributed by atoms with Gasteiger partial charge in [-0.3, -0.25) is 4.68 Å². The molecule has 1 aromatic heterocycles. The van der Waals surface area contributed by atoms with E-state index in [2.05, 4.69) is 10.4 Å². The Morgan fingerprint density at radius 3 is 2.65 bits per heavy atom. The quantitative estimate of drug-likeness (QED) is 0.917. The highest BCUT2D eigenvalue weighted by molar-refractivity contribution is 5.31. The number of halogens is 3. The molecule has 20 heavy (non-hydrogen) atoms. The fourth-order valence-electron chi connectivity index (χ4n) is 2.53. The van der Waals surface area contributed by atoms with Gasteiger partial charge in [-0.2, -0.15) is 18.3 Å². The maximum absolute atomic E-state index is 13.0. The number of fused-ring (bicyclic) bond motifs is 1. The van der Waals surface area contributed by atoms with E-state index in [1.807, 2.05) is 30.3 Å². The number of rotatable bonds is 2. The van der Waals surface area contributed by atoms with E-state index < -0.39 is 11.9 Å². The van der Waals surface area contributed by atoms with Crippen molar-refractivity contribution in [2.45, 2.75) is 25.7 Å². The molecule has 3 rings (SSSR count). The van der Waals surface area contributed by atoms with Crippen molar-refractivity contribution in [2.24, 2.45) is 0 Å². The van der Waals surface area contributed by atoms with Gasteiger partial charge in [0.1, 0.15) is 0 Å². The smallest absolute Gasteiger partial charge is 0.311 e. The molecule has 0 radical (unpaired) electrons. The molecule has 0 unspecified atom stereocenters. The normalized spacial score (nSPS) is 15.2. The number of hydrogen-bond acceptors (Lipinski definition) is 2. The molecule has 3 nitrogen and oxygen atoms in total. The standard InChI is InChI=1S/C14H14F3N3/c15-14(16,17)13-11-6-7-18-8-12(11)20(19-13)9-10-4-2-1-3-5-10/h1-5,18H,6-9H2. The van der Waals surface area contributed by atoms with Crippen molar-refractivity contribution in [3.63, 3.8) is 0 Å². The first-order chi connectivity index (χ1) is 9.55. The van der Waals surface area contributed by atoms with Gasteiger partial charge in [-0.1, -0.05) is 30.3 Å². The third kappa shape index (κ3) is 2.43. The molecule has 0 bridgehead atoms. The van der Waals surface area contributed by atoms with Crippen molar-refractivity contribution in [1.29, 1.82) is 0 Å². The molecule has 0 amide bonds. The minimum atomic E-state index is -4.39. The van der Waals surface area contributed by atoms with Crippen LogP contribution in [0, 0.1) is 0 Å². The van der Waals surface area contributed by atoms with Crippen LogP contribution < -0.4 is 5.32 Å². The topological polar surface area (TPSA) is 29.9 Å². The number of nitrogens with zero attached hydrogens (tertiary/aromatic N) is 2. The van der Waals surface area contributed by atoms with Gasteiger partial charge in [0, 0.05) is 12.1 Å². The summed E-state index contributed by atoms with van der Waals surface area (Å²) < 4.78 is 40.6. The van der Waals surface area contributed by atoms with Gasteiger partial charge < -0.3 is 5.32 Å². The molecule has 0 aliphatic carbocycles. The molecule has 0 saturated carbocycles. The molecule has 1 aromatic carbocycles. The van der Waals surface area contributed by atoms with Crippen LogP contribution in [-0.4, -0.2) is 16.3 Å². The van der Waals surface area contributed by atoms with Gasteiger partial charge in [-0.05, 0) is 18.5 Å². The molecule has 0 spiro atoms. The third-order valence-electron chi connectivity index (χ3n) is 3.45. The summed E-state index contributed by atoms with van der Waals surface area (Å²) in [5, 5.41) is 6.91. The van der Waals surface area contributed by atoms with Crippen molar-refractivity contribution in [2.75, 3.05) is 6.54 Å². The lowest BCUT2D eigenvalue weighted by Gasteiger charge is -2.16. The molecular weight excluding hydrogens is 267 g/mol. The number of aromatic nitrogens is 2. The molecule has 2 aromatic rings. The molecule has 1 N–H and O–H groups in total. The van der Waals surface area contributed by atoms with Crippen LogP contribution in [-0.2, 0) is 25.7 Å². The second-order valence-corrected chi connectivity index (χ2v) is 4.84. The van der Waals surface area contributed by atoms with Crippen LogP contribution in [0.3, 0.4) is 0 Å². The summed E-state index contributed by atoms with van der Waals surface area (Å²) in [6.45, 7) is 1.36. The summed E-state index contributed by atoms with van der Waals surface area (Å²) in [5.74, 6) is 0. The van der Waals surface area contributed by atoms with Crippen LogP contribution in [0.5, 0.6) is 0 Å². The Balaban J connectivity index is 2.01. The van der Waals surface area contributed by atoms with Crippen LogP contribution >= 0.6 is 0 Å². The molecule has 0 saturated heterocycles. The van der Waals surface area contributed by atoms with Crippen LogP contribution in [0.15, 0.2) is 30.3 Å². The summed E-state index contributed by atoms with van der Waals surface area (Å²) in [4.78, 5) is 0. The fraction of sp³-hybridized carbons (Fsp3) is 0.357. The lowest BCUT2D eigenvalue weighted by atomic mass is 10.1. The molecule has 2 heterocycles. The minimum absolute atomic E-state index is 0.340. The molecule has 0 fully saturated rings. The van der Waals surface area contributed by atoms with Crippen LogP contribution in [0.2, 0.25) is 0 Å². The first kappa shape index (κ1) is 13.2. The predicted octanol–water partition coefficient (Wildman–Crippen LogP) is 2.60. The summed E-state index contributed by atoms with van der Waals surface area (Å²) in [5.41, 5.74) is 1.20. The van der Waals surface area contributed by atoms with E-state index in [9.17, 15) is 13.2 Å². The Labute approximate surface area is 114 Å². The zero-order valence-electron chi connectivity index (χ0n) is 10.7. The third-order valence-corrected chi connectivity index (χ3v) is 3.45. The summed E-state index contributed by atoms with van der Waals surface area (Å²) >= 11 is 0. The zero-order valence-corrected chi connectivity index (χ0v) is 10.7. The van der Waals surface area contributed by atoms with E-state index in [0.717, 1.165) is 5.56 Å². The SMILES string of the molecule is FC(F)(F)c1nn(Cc2ccccc2)c2c1CCNC2. The largest absolute Gasteiger partial charge is 0.435 e. The predicted molar refractivity (Wildman–Crippen MR) is 68.2 cm³/mol. The highest BCUT2D eigenvalue weighted by atomic mass is 19.4. The fourth-order valence-corrected chi connectivity index (χ4v) is 2.53. The Morgan fingerprint density at radius 1 is 1.20 bits per heavy atom. The molecule has 106 valence electrons. The maximum atomic E-state index is 13.0. The van der Waals surface area contributed by atoms with Crippen molar-refractivity contribution >= 4 is 0 Å². The average Bonchev–Trinajstić information content (AvgIpc) is 2.79. The minimum Gasteiger partial charge on any atom is -0.311 e. The van der Waals surface area contributed by atoms with E-state index >= 15 is 0 Å². The van der Waals surface area contributed by atoms with Gasteiger partial charge in [-0.15, -0.1) is 0 Å². The van der Waals surface area contributed by atoms with Crippen LogP contribution in [0.1, 0.15) is 22.5 Å². The first-order valence-corrected chi connectivity index (χ1v) is 6.46. The van der Waals surface area contributed by atoms with Crippen molar-refractivity contribution in [3.05, 3.63) is 52.8 Å². The monoisotopic (exact) mass is 281 g/mol. The van der Waals surface area contributed by atoms with E-state index in [0.29, 0.717) is 37.3 Å². The summed E-state index contributed by atoms with van der Waals surface area (Å²) in [6, 6.07) is 9.39. The van der Waals surface area contributed by atoms with Crippen LogP contribution in [0.4, 0.5) is 13.2 Å². The van der Waals surface area contributed by atoms with Gasteiger partial charge in [0.25, 0.3) is 0 Å². The average molecular weight is 281 g/mol.